The molecule has 2 rings (SSSR count). The van der Waals surface area contributed by atoms with Crippen molar-refractivity contribution in [2.45, 2.75) is 6.92 Å². The fourth-order valence-electron chi connectivity index (χ4n) is 2.11. The minimum absolute atomic E-state index is 0.274. The van der Waals surface area contributed by atoms with Gasteiger partial charge in [-0.2, -0.15) is 0 Å². The van der Waals surface area contributed by atoms with E-state index in [0.717, 1.165) is 5.56 Å². The van der Waals surface area contributed by atoms with E-state index in [9.17, 15) is 9.18 Å². The van der Waals surface area contributed by atoms with Gasteiger partial charge < -0.3 is 15.4 Å². The summed E-state index contributed by atoms with van der Waals surface area (Å²) < 4.78 is 18.6. The number of para-hydroxylation sites is 1. The molecule has 4 nitrogen and oxygen atoms in total. The minimum atomic E-state index is -0.514. The Morgan fingerprint density at radius 3 is 2.57 bits per heavy atom. The Labute approximate surface area is 122 Å². The Morgan fingerprint density at radius 1 is 1.29 bits per heavy atom. The Kier molecular flexibility index (Phi) is 4.12. The molecule has 0 aliphatic carbocycles. The third kappa shape index (κ3) is 2.81. The molecule has 0 spiro atoms. The molecule has 0 bridgehead atoms. The second-order valence-corrected chi connectivity index (χ2v) is 4.73. The van der Waals surface area contributed by atoms with Crippen molar-refractivity contribution in [3.8, 4) is 0 Å². The highest BCUT2D eigenvalue weighted by Crippen LogP contribution is 2.30. The van der Waals surface area contributed by atoms with E-state index >= 15 is 0 Å². The first-order valence-corrected chi connectivity index (χ1v) is 6.42. The van der Waals surface area contributed by atoms with Crippen molar-refractivity contribution in [3.63, 3.8) is 0 Å². The molecule has 0 saturated carbocycles. The van der Waals surface area contributed by atoms with Crippen LogP contribution >= 0.6 is 0 Å². The summed E-state index contributed by atoms with van der Waals surface area (Å²) in [4.78, 5) is 13.4. The number of benzene rings is 2. The lowest BCUT2D eigenvalue weighted by Gasteiger charge is -2.22. The molecule has 0 fully saturated rings. The Morgan fingerprint density at radius 2 is 1.95 bits per heavy atom. The fraction of sp³-hybridized carbons (Fsp3) is 0.188. The van der Waals surface area contributed by atoms with Crippen molar-refractivity contribution in [3.05, 3.63) is 53.3 Å². The zero-order valence-corrected chi connectivity index (χ0v) is 12.2. The molecule has 5 heteroatoms. The summed E-state index contributed by atoms with van der Waals surface area (Å²) >= 11 is 0. The third-order valence-corrected chi connectivity index (χ3v) is 3.38. The summed E-state index contributed by atoms with van der Waals surface area (Å²) in [7, 11) is 3.02. The quantitative estimate of drug-likeness (QED) is 0.695. The number of halogens is 1. The molecule has 2 aromatic rings. The molecule has 0 aromatic heterocycles. The number of nitrogen functional groups attached to an aromatic ring is 1. The number of esters is 1. The van der Waals surface area contributed by atoms with E-state index < -0.39 is 5.97 Å². The number of aryl methyl sites for hydroxylation is 1. The number of nitrogens with two attached hydrogens (primary N) is 1. The van der Waals surface area contributed by atoms with Crippen LogP contribution in [-0.2, 0) is 4.74 Å². The van der Waals surface area contributed by atoms with Crippen molar-refractivity contribution in [2.75, 3.05) is 24.8 Å². The Balaban J connectivity index is 2.52. The number of rotatable bonds is 3. The van der Waals surface area contributed by atoms with E-state index in [1.165, 1.54) is 13.2 Å². The number of hydrogen-bond acceptors (Lipinski definition) is 4. The van der Waals surface area contributed by atoms with Crippen LogP contribution in [0.1, 0.15) is 15.9 Å². The van der Waals surface area contributed by atoms with Crippen molar-refractivity contribution in [2.24, 2.45) is 0 Å². The number of anilines is 3. The van der Waals surface area contributed by atoms with Gasteiger partial charge in [-0.3, -0.25) is 0 Å². The SMILES string of the molecule is COC(=O)c1cc(N(C)c2ccccc2F)cc(C)c1N. The molecule has 0 atom stereocenters. The molecule has 0 unspecified atom stereocenters. The third-order valence-electron chi connectivity index (χ3n) is 3.38. The zero-order chi connectivity index (χ0) is 15.6. The maximum atomic E-state index is 13.9. The van der Waals surface area contributed by atoms with Gasteiger partial charge in [0.25, 0.3) is 0 Å². The van der Waals surface area contributed by atoms with Crippen LogP contribution < -0.4 is 10.6 Å². The first-order valence-electron chi connectivity index (χ1n) is 6.42. The molecule has 110 valence electrons. The lowest BCUT2D eigenvalue weighted by molar-refractivity contribution is 0.0602. The number of methoxy groups -OCH3 is 1. The normalized spacial score (nSPS) is 10.3. The minimum Gasteiger partial charge on any atom is -0.465 e. The number of carbonyl (C=O) groups excluding carboxylic acids is 1. The Hall–Kier alpha value is -2.56. The number of ether oxygens (including phenoxy) is 1. The molecule has 2 N–H and O–H groups in total. The van der Waals surface area contributed by atoms with Crippen LogP contribution in [0.3, 0.4) is 0 Å². The Bertz CT molecular complexity index is 686. The lowest BCUT2D eigenvalue weighted by Crippen LogP contribution is -2.14. The summed E-state index contributed by atoms with van der Waals surface area (Å²) in [5.74, 6) is -0.853. The number of nitrogens with zero attached hydrogens (tertiary/aromatic N) is 1. The van der Waals surface area contributed by atoms with Crippen molar-refractivity contribution < 1.29 is 13.9 Å². The summed E-state index contributed by atoms with van der Waals surface area (Å²) in [6.07, 6.45) is 0. The van der Waals surface area contributed by atoms with Crippen molar-refractivity contribution >= 4 is 23.0 Å². The second kappa shape index (κ2) is 5.83. The van der Waals surface area contributed by atoms with E-state index in [1.54, 1.807) is 49.2 Å². The number of hydrogen-bond donors (Lipinski definition) is 1. The van der Waals surface area contributed by atoms with Crippen LogP contribution in [0.25, 0.3) is 0 Å². The molecular weight excluding hydrogens is 271 g/mol. The van der Waals surface area contributed by atoms with Crippen LogP contribution in [0.5, 0.6) is 0 Å². The van der Waals surface area contributed by atoms with Gasteiger partial charge in [0.15, 0.2) is 0 Å². The van der Waals surface area contributed by atoms with E-state index in [2.05, 4.69) is 0 Å². The molecule has 0 aliphatic heterocycles. The monoisotopic (exact) mass is 288 g/mol. The van der Waals surface area contributed by atoms with Gasteiger partial charge in [-0.1, -0.05) is 12.1 Å². The van der Waals surface area contributed by atoms with Gasteiger partial charge in [-0.05, 0) is 36.8 Å². The molecule has 2 aromatic carbocycles. The van der Waals surface area contributed by atoms with Crippen molar-refractivity contribution in [1.82, 2.24) is 0 Å². The molecule has 0 amide bonds. The first kappa shape index (κ1) is 14.8. The summed E-state index contributed by atoms with van der Waals surface area (Å²) in [6, 6.07) is 9.83. The predicted octanol–water partition coefficient (Wildman–Crippen LogP) is 3.27. The highest BCUT2D eigenvalue weighted by atomic mass is 19.1. The highest BCUT2D eigenvalue weighted by molar-refractivity contribution is 5.97. The summed E-state index contributed by atoms with van der Waals surface area (Å²) in [5.41, 5.74) is 8.35. The van der Waals surface area contributed by atoms with Gasteiger partial charge >= 0.3 is 5.97 Å². The van der Waals surface area contributed by atoms with E-state index in [0.29, 0.717) is 17.1 Å². The highest BCUT2D eigenvalue weighted by Gasteiger charge is 2.16. The maximum absolute atomic E-state index is 13.9. The standard InChI is InChI=1S/C16H17FN2O2/c1-10-8-11(9-12(15(10)18)16(20)21-3)19(2)14-7-5-4-6-13(14)17/h4-9H,18H2,1-3H3. The van der Waals surface area contributed by atoms with Crippen LogP contribution in [-0.4, -0.2) is 20.1 Å². The van der Waals surface area contributed by atoms with Gasteiger partial charge in [-0.15, -0.1) is 0 Å². The van der Waals surface area contributed by atoms with E-state index in [4.69, 9.17) is 10.5 Å². The smallest absolute Gasteiger partial charge is 0.340 e. The van der Waals surface area contributed by atoms with Crippen LogP contribution in [0, 0.1) is 12.7 Å². The molecule has 0 saturated heterocycles. The lowest BCUT2D eigenvalue weighted by atomic mass is 10.1. The fourth-order valence-corrected chi connectivity index (χ4v) is 2.11. The van der Waals surface area contributed by atoms with Crippen molar-refractivity contribution in [1.29, 1.82) is 0 Å². The van der Waals surface area contributed by atoms with Gasteiger partial charge in [0.1, 0.15) is 5.82 Å². The van der Waals surface area contributed by atoms with E-state index in [1.807, 2.05) is 0 Å². The van der Waals surface area contributed by atoms with Gasteiger partial charge in [-0.25, -0.2) is 9.18 Å². The van der Waals surface area contributed by atoms with Crippen LogP contribution in [0.15, 0.2) is 36.4 Å². The average Bonchev–Trinajstić information content (AvgIpc) is 2.49. The summed E-state index contributed by atoms with van der Waals surface area (Å²) in [6.45, 7) is 1.79. The first-order chi connectivity index (χ1) is 9.95. The molecule has 0 radical (unpaired) electrons. The molecule has 21 heavy (non-hydrogen) atoms. The number of carbonyl (C=O) groups is 1. The second-order valence-electron chi connectivity index (χ2n) is 4.73. The van der Waals surface area contributed by atoms with Gasteiger partial charge in [0.05, 0.1) is 18.4 Å². The molecule has 0 aliphatic rings. The van der Waals surface area contributed by atoms with E-state index in [-0.39, 0.29) is 11.4 Å². The topological polar surface area (TPSA) is 55.6 Å². The largest absolute Gasteiger partial charge is 0.465 e. The molecular formula is C16H17FN2O2. The molecule has 0 heterocycles. The zero-order valence-electron chi connectivity index (χ0n) is 12.2. The van der Waals surface area contributed by atoms with Gasteiger partial charge in [0, 0.05) is 18.4 Å². The van der Waals surface area contributed by atoms with Crippen LogP contribution in [0.2, 0.25) is 0 Å². The predicted molar refractivity (Wildman–Crippen MR) is 81.4 cm³/mol. The average molecular weight is 288 g/mol. The summed E-state index contributed by atoms with van der Waals surface area (Å²) in [5, 5.41) is 0. The van der Waals surface area contributed by atoms with Crippen LogP contribution in [0.4, 0.5) is 21.5 Å². The maximum Gasteiger partial charge on any atom is 0.340 e. The van der Waals surface area contributed by atoms with Gasteiger partial charge in [0.2, 0.25) is 0 Å².